The molecule has 8 nitrogen and oxygen atoms in total. The molecular weight excluding hydrogens is 439 g/mol. The lowest BCUT2D eigenvalue weighted by atomic mass is 10.0. The minimum absolute atomic E-state index is 0.0519. The lowest BCUT2D eigenvalue weighted by Crippen LogP contribution is -2.54. The van der Waals surface area contributed by atoms with Crippen LogP contribution < -0.4 is 10.6 Å². The molecule has 1 aromatic carbocycles. The number of amides is 1. The second kappa shape index (κ2) is 8.89. The number of carbonyl (C=O) groups is 1. The molecule has 0 saturated carbocycles. The molecule has 3 N–H and O–H groups in total. The average Bonchev–Trinajstić information content (AvgIpc) is 2.70. The van der Waals surface area contributed by atoms with Crippen LogP contribution in [0.25, 0.3) is 6.08 Å². The van der Waals surface area contributed by atoms with Crippen LogP contribution in [0.4, 0.5) is 24.8 Å². The van der Waals surface area contributed by atoms with Crippen LogP contribution in [0.5, 0.6) is 0 Å². The third-order valence-electron chi connectivity index (χ3n) is 5.60. The molecule has 4 rings (SSSR count). The zero-order chi connectivity index (χ0) is 23.9. The van der Waals surface area contributed by atoms with E-state index in [4.69, 9.17) is 4.74 Å². The number of aliphatic hydroxyl groups is 1. The van der Waals surface area contributed by atoms with Gasteiger partial charge in [0.1, 0.15) is 35.1 Å². The number of alkyl halides is 2. The summed E-state index contributed by atoms with van der Waals surface area (Å²) in [6.45, 7) is 5.59. The van der Waals surface area contributed by atoms with Gasteiger partial charge in [-0.15, -0.1) is 0 Å². The molecule has 0 radical (unpaired) electrons. The van der Waals surface area contributed by atoms with Gasteiger partial charge in [0.15, 0.2) is 6.23 Å². The average molecular weight is 463 g/mol. The predicted molar refractivity (Wildman–Crippen MR) is 115 cm³/mol. The van der Waals surface area contributed by atoms with E-state index in [0.717, 1.165) is 6.07 Å². The summed E-state index contributed by atoms with van der Waals surface area (Å²) in [6, 6.07) is 3.18. The van der Waals surface area contributed by atoms with Gasteiger partial charge in [0, 0.05) is 12.5 Å². The van der Waals surface area contributed by atoms with E-state index in [0.29, 0.717) is 36.1 Å². The highest BCUT2D eigenvalue weighted by Crippen LogP contribution is 2.34. The Morgan fingerprint density at radius 3 is 2.67 bits per heavy atom. The first kappa shape index (κ1) is 22.8. The third-order valence-corrected chi connectivity index (χ3v) is 5.60. The molecular formula is C22H24F3N5O3. The van der Waals surface area contributed by atoms with Gasteiger partial charge in [-0.25, -0.2) is 23.1 Å². The number of likely N-dealkylation sites (tertiary alicyclic amines) is 1. The maximum atomic E-state index is 14.6. The summed E-state index contributed by atoms with van der Waals surface area (Å²) in [7, 11) is 0. The zero-order valence-electron chi connectivity index (χ0n) is 18.3. The van der Waals surface area contributed by atoms with E-state index >= 15 is 0 Å². The number of nitrogens with zero attached hydrogens (tertiary/aromatic N) is 3. The molecule has 2 aliphatic rings. The van der Waals surface area contributed by atoms with E-state index < -0.39 is 30.1 Å². The second-order valence-corrected chi connectivity index (χ2v) is 8.06. The number of ether oxygens (including phenoxy) is 1. The molecule has 176 valence electrons. The molecule has 0 bridgehead atoms. The third kappa shape index (κ3) is 4.58. The van der Waals surface area contributed by atoms with Crippen molar-refractivity contribution in [2.75, 3.05) is 23.7 Å². The lowest BCUT2D eigenvalue weighted by Gasteiger charge is -2.40. The Kier molecular flexibility index (Phi) is 6.15. The molecule has 0 spiro atoms. The van der Waals surface area contributed by atoms with Gasteiger partial charge < -0.3 is 25.4 Å². The Morgan fingerprint density at radius 1 is 1.30 bits per heavy atom. The number of aromatic nitrogens is 2. The number of carbonyl (C=O) groups excluding carboxylic acids is 1. The maximum absolute atomic E-state index is 14.6. The number of anilines is 2. The SMILES string of the molecule is CC(=O)N1CC(OC2=Cc3c(nc(C)nc3N[C@H](C)c3cccc(C(F)F)c3F)NC2O)C1. The summed E-state index contributed by atoms with van der Waals surface area (Å²) >= 11 is 0. The summed E-state index contributed by atoms with van der Waals surface area (Å²) in [4.78, 5) is 21.7. The van der Waals surface area contributed by atoms with Crippen molar-refractivity contribution in [3.63, 3.8) is 0 Å². The number of benzene rings is 1. The molecule has 2 atom stereocenters. The van der Waals surface area contributed by atoms with Crippen molar-refractivity contribution in [3.8, 4) is 0 Å². The minimum atomic E-state index is -2.93. The minimum Gasteiger partial charge on any atom is -0.486 e. The maximum Gasteiger partial charge on any atom is 0.266 e. The number of aryl methyl sites for hydroxylation is 1. The van der Waals surface area contributed by atoms with Gasteiger partial charge >= 0.3 is 0 Å². The van der Waals surface area contributed by atoms with Crippen molar-refractivity contribution < 1.29 is 27.8 Å². The van der Waals surface area contributed by atoms with E-state index in [1.165, 1.54) is 19.1 Å². The van der Waals surface area contributed by atoms with Crippen LogP contribution in [-0.2, 0) is 9.53 Å². The topological polar surface area (TPSA) is 99.6 Å². The van der Waals surface area contributed by atoms with Crippen LogP contribution in [0, 0.1) is 12.7 Å². The number of hydrogen-bond acceptors (Lipinski definition) is 7. The molecule has 0 aliphatic carbocycles. The molecule has 1 unspecified atom stereocenters. The molecule has 1 saturated heterocycles. The van der Waals surface area contributed by atoms with Crippen LogP contribution >= 0.6 is 0 Å². The van der Waals surface area contributed by atoms with E-state index in [-0.39, 0.29) is 23.3 Å². The van der Waals surface area contributed by atoms with Gasteiger partial charge in [0.25, 0.3) is 6.43 Å². The Morgan fingerprint density at radius 2 is 2.00 bits per heavy atom. The fraction of sp³-hybridized carbons (Fsp3) is 0.409. The van der Waals surface area contributed by atoms with Crippen molar-refractivity contribution in [1.82, 2.24) is 14.9 Å². The molecule has 3 heterocycles. The van der Waals surface area contributed by atoms with Crippen molar-refractivity contribution in [3.05, 3.63) is 52.3 Å². The smallest absolute Gasteiger partial charge is 0.266 e. The van der Waals surface area contributed by atoms with Crippen LogP contribution in [0.1, 0.15) is 48.8 Å². The largest absolute Gasteiger partial charge is 0.486 e. The second-order valence-electron chi connectivity index (χ2n) is 8.06. The van der Waals surface area contributed by atoms with Gasteiger partial charge in [0.2, 0.25) is 5.91 Å². The predicted octanol–water partition coefficient (Wildman–Crippen LogP) is 3.37. The van der Waals surface area contributed by atoms with Gasteiger partial charge in [-0.3, -0.25) is 4.79 Å². The summed E-state index contributed by atoms with van der Waals surface area (Å²) in [5.74, 6) is 0.261. The number of halogens is 3. The summed E-state index contributed by atoms with van der Waals surface area (Å²) in [5, 5.41) is 16.3. The van der Waals surface area contributed by atoms with Crippen LogP contribution in [0.2, 0.25) is 0 Å². The number of aliphatic hydroxyl groups excluding tert-OH is 1. The summed E-state index contributed by atoms with van der Waals surface area (Å²) < 4.78 is 46.7. The number of hydrogen-bond donors (Lipinski definition) is 3. The molecule has 2 aromatic rings. The van der Waals surface area contributed by atoms with Crippen molar-refractivity contribution >= 4 is 23.6 Å². The first-order valence-corrected chi connectivity index (χ1v) is 10.4. The Hall–Kier alpha value is -3.34. The Balaban J connectivity index is 1.60. The van der Waals surface area contributed by atoms with Gasteiger partial charge in [-0.1, -0.05) is 18.2 Å². The van der Waals surface area contributed by atoms with Crippen LogP contribution in [0.15, 0.2) is 24.0 Å². The number of nitrogens with one attached hydrogen (secondary N) is 2. The van der Waals surface area contributed by atoms with Crippen LogP contribution in [0.3, 0.4) is 0 Å². The quantitative estimate of drug-likeness (QED) is 0.604. The number of fused-ring (bicyclic) bond motifs is 1. The van der Waals surface area contributed by atoms with Gasteiger partial charge in [0.05, 0.1) is 30.3 Å². The summed E-state index contributed by atoms with van der Waals surface area (Å²) in [5.41, 5.74) is -0.121. The van der Waals surface area contributed by atoms with E-state index in [9.17, 15) is 23.1 Å². The highest BCUT2D eigenvalue weighted by molar-refractivity contribution is 5.77. The van der Waals surface area contributed by atoms with Crippen molar-refractivity contribution in [2.24, 2.45) is 0 Å². The van der Waals surface area contributed by atoms with Gasteiger partial charge in [-0.05, 0) is 19.9 Å². The highest BCUT2D eigenvalue weighted by Gasteiger charge is 2.34. The van der Waals surface area contributed by atoms with Crippen molar-refractivity contribution in [1.29, 1.82) is 0 Å². The molecule has 2 aliphatic heterocycles. The normalized spacial score (nSPS) is 18.7. The molecule has 1 fully saturated rings. The molecule has 33 heavy (non-hydrogen) atoms. The number of rotatable bonds is 6. The standard InChI is InChI=1S/C22H24F3N5O3/c1-10(14-5-4-6-15(18(14)23)19(24)25)26-20-16-7-17(33-13-8-30(9-13)12(3)31)22(32)29-21(16)28-11(2)27-20/h4-7,10,13,19,22,32H,8-9H2,1-3H3,(H2,26,27,28,29)/t10-,22?/m1/s1. The fourth-order valence-corrected chi connectivity index (χ4v) is 3.77. The summed E-state index contributed by atoms with van der Waals surface area (Å²) in [6.07, 6.45) is -2.76. The van der Waals surface area contributed by atoms with Crippen molar-refractivity contribution in [2.45, 2.75) is 45.6 Å². The zero-order valence-corrected chi connectivity index (χ0v) is 18.3. The molecule has 1 aromatic heterocycles. The first-order chi connectivity index (χ1) is 15.6. The molecule has 11 heteroatoms. The van der Waals surface area contributed by atoms with E-state index in [2.05, 4.69) is 20.6 Å². The fourth-order valence-electron chi connectivity index (χ4n) is 3.77. The van der Waals surface area contributed by atoms with Gasteiger partial charge in [-0.2, -0.15) is 0 Å². The Bertz CT molecular complexity index is 1100. The lowest BCUT2D eigenvalue weighted by molar-refractivity contribution is -0.140. The van der Waals surface area contributed by atoms with E-state index in [1.807, 2.05) is 0 Å². The van der Waals surface area contributed by atoms with Crippen LogP contribution in [-0.4, -0.2) is 51.3 Å². The Labute approximate surface area is 188 Å². The first-order valence-electron chi connectivity index (χ1n) is 10.4. The van der Waals surface area contributed by atoms with E-state index in [1.54, 1.807) is 24.8 Å². The molecule has 1 amide bonds. The highest BCUT2D eigenvalue weighted by atomic mass is 19.3. The monoisotopic (exact) mass is 463 g/mol.